The van der Waals surface area contributed by atoms with Crippen molar-refractivity contribution >= 4 is 65.4 Å². The van der Waals surface area contributed by atoms with Crippen LogP contribution in [0, 0.1) is 0 Å². The lowest BCUT2D eigenvalue weighted by Crippen LogP contribution is -2.00. The van der Waals surface area contributed by atoms with Gasteiger partial charge in [-0.25, -0.2) is 15.0 Å². The maximum atomic E-state index is 5.10. The molecule has 0 unspecified atom stereocenters. The number of hydrogen-bond donors (Lipinski definition) is 0. The predicted octanol–water partition coefficient (Wildman–Crippen LogP) is 15.7. The second-order valence-corrected chi connectivity index (χ2v) is 18.4. The van der Waals surface area contributed by atoms with Crippen LogP contribution in [0.3, 0.4) is 0 Å². The van der Waals surface area contributed by atoms with Crippen molar-refractivity contribution in [2.45, 2.75) is 6.42 Å². The molecule has 326 valence electrons. The number of para-hydroxylation sites is 4. The van der Waals surface area contributed by atoms with Crippen molar-refractivity contribution in [2.24, 2.45) is 0 Å². The Bertz CT molecular complexity index is 4110. The summed E-state index contributed by atoms with van der Waals surface area (Å²) in [4.78, 5) is 15.2. The Hall–Kier alpha value is -9.39. The largest absolute Gasteiger partial charge is 0.309 e. The van der Waals surface area contributed by atoms with E-state index in [0.717, 1.165) is 51.2 Å². The van der Waals surface area contributed by atoms with Crippen LogP contribution < -0.4 is 0 Å². The van der Waals surface area contributed by atoms with E-state index in [1.165, 1.54) is 76.6 Å². The fraction of sp³-hybridized carbons (Fsp3) is 0.0156. The van der Waals surface area contributed by atoms with Crippen LogP contribution in [-0.2, 0) is 6.42 Å². The van der Waals surface area contributed by atoms with Gasteiger partial charge in [0.25, 0.3) is 0 Å². The molecule has 0 radical (unpaired) electrons. The van der Waals surface area contributed by atoms with Crippen molar-refractivity contribution in [2.75, 3.05) is 0 Å². The second-order valence-electron chi connectivity index (χ2n) is 18.4. The van der Waals surface area contributed by atoms with Crippen LogP contribution in [0.2, 0.25) is 0 Å². The van der Waals surface area contributed by atoms with Gasteiger partial charge in [0.1, 0.15) is 0 Å². The first-order chi connectivity index (χ1) is 34.7. The Kier molecular flexibility index (Phi) is 8.32. The fourth-order valence-electron chi connectivity index (χ4n) is 11.3. The number of aromatic nitrogens is 6. The van der Waals surface area contributed by atoms with Crippen LogP contribution in [0.1, 0.15) is 11.1 Å². The van der Waals surface area contributed by atoms with Crippen LogP contribution in [-0.4, -0.2) is 28.7 Å². The summed E-state index contributed by atoms with van der Waals surface area (Å²) < 4.78 is 7.31. The van der Waals surface area contributed by atoms with Gasteiger partial charge in [-0.2, -0.15) is 0 Å². The van der Waals surface area contributed by atoms with Crippen LogP contribution in [0.5, 0.6) is 0 Å². The van der Waals surface area contributed by atoms with E-state index in [4.69, 9.17) is 15.0 Å². The fourth-order valence-corrected chi connectivity index (χ4v) is 11.3. The summed E-state index contributed by atoms with van der Waals surface area (Å²) in [5.74, 6) is 1.96. The first-order valence-corrected chi connectivity index (χ1v) is 23.9. The molecule has 0 spiro atoms. The molecule has 0 saturated heterocycles. The molecule has 0 aliphatic heterocycles. The van der Waals surface area contributed by atoms with E-state index in [1.807, 2.05) is 36.4 Å². The highest BCUT2D eigenvalue weighted by Crippen LogP contribution is 2.43. The predicted molar refractivity (Wildman–Crippen MR) is 287 cm³/mol. The number of nitrogens with zero attached hydrogens (tertiary/aromatic N) is 6. The minimum atomic E-state index is 0.653. The first kappa shape index (κ1) is 38.7. The van der Waals surface area contributed by atoms with Crippen molar-refractivity contribution in [3.8, 4) is 62.4 Å². The smallest absolute Gasteiger partial charge is 0.164 e. The molecule has 0 fully saturated rings. The zero-order valence-electron chi connectivity index (χ0n) is 37.8. The van der Waals surface area contributed by atoms with Crippen molar-refractivity contribution in [3.63, 3.8) is 0 Å². The quantitative estimate of drug-likeness (QED) is 0.167. The van der Waals surface area contributed by atoms with E-state index < -0.39 is 0 Å². The maximum absolute atomic E-state index is 5.10. The lowest BCUT2D eigenvalue weighted by atomic mass is 10.0. The molecule has 10 aromatic carbocycles. The molecule has 0 atom stereocenters. The molecule has 4 heterocycles. The zero-order chi connectivity index (χ0) is 45.9. The van der Waals surface area contributed by atoms with Gasteiger partial charge in [0.05, 0.1) is 33.1 Å². The van der Waals surface area contributed by atoms with Gasteiger partial charge in [-0.05, 0) is 108 Å². The van der Waals surface area contributed by atoms with Crippen LogP contribution in [0.4, 0.5) is 0 Å². The summed E-state index contributed by atoms with van der Waals surface area (Å²) in [6.45, 7) is 0. The minimum Gasteiger partial charge on any atom is -0.309 e. The molecule has 4 aromatic heterocycles. The van der Waals surface area contributed by atoms with E-state index >= 15 is 0 Å². The highest BCUT2D eigenvalue weighted by Gasteiger charge is 2.24. The number of hydrogen-bond acceptors (Lipinski definition) is 3. The highest BCUT2D eigenvalue weighted by molar-refractivity contribution is 6.14. The second kappa shape index (κ2) is 15.1. The molecule has 14 aromatic rings. The molecule has 15 rings (SSSR count). The van der Waals surface area contributed by atoms with E-state index in [0.29, 0.717) is 17.5 Å². The van der Waals surface area contributed by atoms with Gasteiger partial charge < -0.3 is 13.7 Å². The van der Waals surface area contributed by atoms with Crippen molar-refractivity contribution in [1.29, 1.82) is 0 Å². The molecule has 1 aliphatic rings. The minimum absolute atomic E-state index is 0.653. The summed E-state index contributed by atoms with van der Waals surface area (Å²) in [5, 5.41) is 7.38. The van der Waals surface area contributed by atoms with E-state index in [1.54, 1.807) is 0 Å². The highest BCUT2D eigenvalue weighted by atomic mass is 15.0. The Morgan fingerprint density at radius 3 is 1.06 bits per heavy atom. The number of rotatable bonds is 6. The lowest BCUT2D eigenvalue weighted by Gasteiger charge is -2.13. The first-order valence-electron chi connectivity index (χ1n) is 23.9. The number of fused-ring (bicyclic) bond motifs is 12. The van der Waals surface area contributed by atoms with Gasteiger partial charge in [0.2, 0.25) is 0 Å². The van der Waals surface area contributed by atoms with Gasteiger partial charge in [0.15, 0.2) is 17.5 Å². The SMILES string of the molecule is c1ccc(-c2nc(-c3ccccc3)nc(-c3ccc4c(c3)-c3cc(-n5c6ccc(-n7c8ccccc8c8ccccc87)cc6c6cc(-n7c8ccccc8c8ccccc87)ccc65)ccc3C4)n2)cc1. The normalized spacial score (nSPS) is 12.2. The monoisotopic (exact) mass is 892 g/mol. The molecule has 0 N–H and O–H groups in total. The summed E-state index contributed by atoms with van der Waals surface area (Å²) in [5.41, 5.74) is 18.4. The molecule has 0 bridgehead atoms. The van der Waals surface area contributed by atoms with E-state index in [-0.39, 0.29) is 0 Å². The molecule has 0 saturated carbocycles. The lowest BCUT2D eigenvalue weighted by molar-refractivity contribution is 1.07. The van der Waals surface area contributed by atoms with Crippen molar-refractivity contribution < 1.29 is 0 Å². The summed E-state index contributed by atoms with van der Waals surface area (Å²) >= 11 is 0. The van der Waals surface area contributed by atoms with Crippen LogP contribution in [0.25, 0.3) is 128 Å². The average Bonchev–Trinajstić information content (AvgIpc) is 4.17. The standard InChI is InChI=1S/C64H40N6/c1-3-15-40(16-4-1)62-65-63(41-17-5-2-6-18-41)67-64(66-62)44-28-27-42-35-43-29-30-45(37-53(43)52(42)36-44)70-60-33-31-46(68-56-23-11-7-19-48(56)49-20-8-12-24-57(49)68)38-54(60)55-39-47(32-34-61(55)70)69-58-25-13-9-21-50(58)51-22-10-14-26-59(51)69/h1-34,36-39H,35H2. The Morgan fingerprint density at radius 1 is 0.257 bits per heavy atom. The molecule has 1 aliphatic carbocycles. The topological polar surface area (TPSA) is 53.5 Å². The van der Waals surface area contributed by atoms with Crippen LogP contribution in [0.15, 0.2) is 231 Å². The van der Waals surface area contributed by atoms with Gasteiger partial charge in [-0.1, -0.05) is 152 Å². The average molecular weight is 893 g/mol. The zero-order valence-corrected chi connectivity index (χ0v) is 37.8. The molecule has 70 heavy (non-hydrogen) atoms. The summed E-state index contributed by atoms with van der Waals surface area (Å²) in [7, 11) is 0. The van der Waals surface area contributed by atoms with Gasteiger partial charge in [-0.15, -0.1) is 0 Å². The molecular formula is C64H40N6. The van der Waals surface area contributed by atoms with Gasteiger partial charge in [0, 0.05) is 66.1 Å². The molecular weight excluding hydrogens is 853 g/mol. The van der Waals surface area contributed by atoms with Gasteiger partial charge >= 0.3 is 0 Å². The Morgan fingerprint density at radius 2 is 0.600 bits per heavy atom. The third kappa shape index (κ3) is 5.83. The summed E-state index contributed by atoms with van der Waals surface area (Å²) in [6.07, 6.45) is 0.865. The van der Waals surface area contributed by atoms with E-state index in [9.17, 15) is 0 Å². The third-order valence-electron chi connectivity index (χ3n) is 14.5. The van der Waals surface area contributed by atoms with E-state index in [2.05, 4.69) is 208 Å². The maximum Gasteiger partial charge on any atom is 0.164 e. The van der Waals surface area contributed by atoms with Gasteiger partial charge in [-0.3, -0.25) is 0 Å². The number of benzene rings is 10. The van der Waals surface area contributed by atoms with Crippen LogP contribution >= 0.6 is 0 Å². The molecule has 6 nitrogen and oxygen atoms in total. The van der Waals surface area contributed by atoms with Crippen molar-refractivity contribution in [3.05, 3.63) is 242 Å². The van der Waals surface area contributed by atoms with Crippen molar-refractivity contribution in [1.82, 2.24) is 28.7 Å². The Balaban J connectivity index is 0.927. The molecule has 6 heteroatoms. The third-order valence-corrected chi connectivity index (χ3v) is 14.5. The summed E-state index contributed by atoms with van der Waals surface area (Å²) in [6, 6.07) is 83.1. The molecule has 0 amide bonds. The Labute approximate surface area is 402 Å².